The highest BCUT2D eigenvalue weighted by Crippen LogP contribution is 2.66. The standard InChI is InChI=1S/C28H33NO/c1-27-12-9-22(30)16-21(27)5-6-23-25-8-7-24(28(25,2)13-10-26(23)27)19-4-3-18-11-14-29-17-20(18)15-19/h3-5,7,11,14-15,17,22-23,25-26,30H,6,8-10,12-13,16H2,1-2H3/t22-,23+,25+,26+,27+,28-/m1/s1. The summed E-state index contributed by atoms with van der Waals surface area (Å²) in [5.41, 5.74) is 5.15. The molecule has 4 aliphatic carbocycles. The molecule has 30 heavy (non-hydrogen) atoms. The Bertz CT molecular complexity index is 1070. The van der Waals surface area contributed by atoms with Gasteiger partial charge in [0.1, 0.15) is 0 Å². The van der Waals surface area contributed by atoms with Crippen LogP contribution in [0, 0.1) is 28.6 Å². The number of allylic oxidation sites excluding steroid dienone is 3. The van der Waals surface area contributed by atoms with Crippen molar-refractivity contribution < 1.29 is 5.11 Å². The molecule has 0 spiro atoms. The van der Waals surface area contributed by atoms with Gasteiger partial charge >= 0.3 is 0 Å². The van der Waals surface area contributed by atoms with Gasteiger partial charge in [0.25, 0.3) is 0 Å². The largest absolute Gasteiger partial charge is 0.393 e. The number of hydrogen-bond acceptors (Lipinski definition) is 2. The van der Waals surface area contributed by atoms with Gasteiger partial charge in [0.15, 0.2) is 0 Å². The lowest BCUT2D eigenvalue weighted by Crippen LogP contribution is -2.49. The van der Waals surface area contributed by atoms with Crippen LogP contribution in [-0.2, 0) is 0 Å². The van der Waals surface area contributed by atoms with E-state index in [1.807, 2.05) is 12.4 Å². The van der Waals surface area contributed by atoms with Gasteiger partial charge < -0.3 is 5.11 Å². The Morgan fingerprint density at radius 3 is 2.70 bits per heavy atom. The van der Waals surface area contributed by atoms with Crippen molar-refractivity contribution in [2.24, 2.45) is 28.6 Å². The molecule has 6 rings (SSSR count). The van der Waals surface area contributed by atoms with E-state index >= 15 is 0 Å². The predicted octanol–water partition coefficient (Wildman–Crippen LogP) is 6.55. The third-order valence-electron chi connectivity index (χ3n) is 9.61. The quantitative estimate of drug-likeness (QED) is 0.551. The predicted molar refractivity (Wildman–Crippen MR) is 123 cm³/mol. The second-order valence-electron chi connectivity index (χ2n) is 10.9. The highest BCUT2D eigenvalue weighted by Gasteiger charge is 2.56. The topological polar surface area (TPSA) is 33.1 Å². The molecule has 2 fully saturated rings. The zero-order chi connectivity index (χ0) is 20.5. The van der Waals surface area contributed by atoms with Crippen molar-refractivity contribution in [2.75, 3.05) is 0 Å². The molecule has 0 aliphatic heterocycles. The molecule has 0 bridgehead atoms. The summed E-state index contributed by atoms with van der Waals surface area (Å²) in [5.74, 6) is 2.32. The van der Waals surface area contributed by atoms with Crippen LogP contribution in [0.1, 0.15) is 64.4 Å². The van der Waals surface area contributed by atoms with E-state index in [4.69, 9.17) is 0 Å². The number of nitrogens with zero attached hydrogens (tertiary/aromatic N) is 1. The smallest absolute Gasteiger partial charge is 0.0577 e. The molecular formula is C28H33NO. The maximum Gasteiger partial charge on any atom is 0.0577 e. The lowest BCUT2D eigenvalue weighted by atomic mass is 9.47. The number of rotatable bonds is 1. The molecule has 4 aliphatic rings. The lowest BCUT2D eigenvalue weighted by molar-refractivity contribution is -0.0238. The number of aromatic nitrogens is 1. The Morgan fingerprint density at radius 2 is 1.80 bits per heavy atom. The van der Waals surface area contributed by atoms with Gasteiger partial charge in [0.05, 0.1) is 6.10 Å². The summed E-state index contributed by atoms with van der Waals surface area (Å²) in [6, 6.07) is 9.05. The van der Waals surface area contributed by atoms with Crippen molar-refractivity contribution in [3.05, 3.63) is 59.9 Å². The first kappa shape index (κ1) is 18.8. The van der Waals surface area contributed by atoms with Crippen molar-refractivity contribution in [3.63, 3.8) is 0 Å². The highest BCUT2D eigenvalue weighted by molar-refractivity contribution is 5.86. The molecule has 1 aromatic carbocycles. The molecule has 1 heterocycles. The van der Waals surface area contributed by atoms with Crippen molar-refractivity contribution in [1.29, 1.82) is 0 Å². The van der Waals surface area contributed by atoms with E-state index < -0.39 is 0 Å². The fraction of sp³-hybridized carbons (Fsp3) is 0.536. The first-order chi connectivity index (χ1) is 14.5. The maximum atomic E-state index is 10.2. The third kappa shape index (κ3) is 2.56. The monoisotopic (exact) mass is 399 g/mol. The zero-order valence-electron chi connectivity index (χ0n) is 18.3. The number of aliphatic hydroxyl groups excluding tert-OH is 1. The summed E-state index contributed by atoms with van der Waals surface area (Å²) >= 11 is 0. The summed E-state index contributed by atoms with van der Waals surface area (Å²) < 4.78 is 0. The van der Waals surface area contributed by atoms with Crippen molar-refractivity contribution in [2.45, 2.75) is 64.9 Å². The second-order valence-corrected chi connectivity index (χ2v) is 10.9. The van der Waals surface area contributed by atoms with E-state index in [1.165, 1.54) is 48.4 Å². The molecule has 6 atom stereocenters. The van der Waals surface area contributed by atoms with Crippen LogP contribution in [0.5, 0.6) is 0 Å². The van der Waals surface area contributed by atoms with Crippen molar-refractivity contribution in [1.82, 2.24) is 4.98 Å². The summed E-state index contributed by atoms with van der Waals surface area (Å²) in [7, 11) is 0. The van der Waals surface area contributed by atoms with Crippen LogP contribution in [0.15, 0.2) is 54.4 Å². The maximum absolute atomic E-state index is 10.2. The van der Waals surface area contributed by atoms with Crippen LogP contribution in [-0.4, -0.2) is 16.2 Å². The van der Waals surface area contributed by atoms with Crippen LogP contribution in [0.4, 0.5) is 0 Å². The Balaban J connectivity index is 1.34. The fourth-order valence-electron chi connectivity index (χ4n) is 7.91. The van der Waals surface area contributed by atoms with Gasteiger partial charge in [0.2, 0.25) is 0 Å². The lowest BCUT2D eigenvalue weighted by Gasteiger charge is -2.57. The summed E-state index contributed by atoms with van der Waals surface area (Å²) in [6.45, 7) is 5.07. The minimum Gasteiger partial charge on any atom is -0.393 e. The van der Waals surface area contributed by atoms with E-state index in [1.54, 1.807) is 11.1 Å². The summed E-state index contributed by atoms with van der Waals surface area (Å²) in [5, 5.41) is 12.8. The van der Waals surface area contributed by atoms with Gasteiger partial charge in [-0.15, -0.1) is 0 Å². The molecule has 2 aromatic rings. The molecule has 0 radical (unpaired) electrons. The molecule has 1 N–H and O–H groups in total. The minimum atomic E-state index is -0.114. The molecule has 0 unspecified atom stereocenters. The Labute approximate surface area is 180 Å². The molecule has 1 aromatic heterocycles. The molecule has 2 saturated carbocycles. The second kappa shape index (κ2) is 6.53. The number of hydrogen-bond donors (Lipinski definition) is 1. The van der Waals surface area contributed by atoms with Gasteiger partial charge in [-0.25, -0.2) is 0 Å². The number of aliphatic hydroxyl groups is 1. The van der Waals surface area contributed by atoms with Crippen LogP contribution < -0.4 is 0 Å². The summed E-state index contributed by atoms with van der Waals surface area (Å²) in [4.78, 5) is 4.34. The average Bonchev–Trinajstić information content (AvgIpc) is 3.11. The molecule has 2 heteroatoms. The number of fused-ring (bicyclic) bond motifs is 6. The summed E-state index contributed by atoms with van der Waals surface area (Å²) in [6.07, 6.45) is 17.0. The van der Waals surface area contributed by atoms with Gasteiger partial charge in [-0.3, -0.25) is 4.98 Å². The molecule has 2 nitrogen and oxygen atoms in total. The first-order valence-corrected chi connectivity index (χ1v) is 11.9. The Morgan fingerprint density at radius 1 is 0.933 bits per heavy atom. The zero-order valence-corrected chi connectivity index (χ0v) is 18.3. The highest BCUT2D eigenvalue weighted by atomic mass is 16.3. The van der Waals surface area contributed by atoms with E-state index in [-0.39, 0.29) is 11.5 Å². The molecule has 0 amide bonds. The molecular weight excluding hydrogens is 366 g/mol. The first-order valence-electron chi connectivity index (χ1n) is 11.9. The van der Waals surface area contributed by atoms with Crippen molar-refractivity contribution >= 4 is 16.3 Å². The molecule has 156 valence electrons. The fourth-order valence-corrected chi connectivity index (χ4v) is 7.91. The average molecular weight is 400 g/mol. The van der Waals surface area contributed by atoms with Gasteiger partial charge in [-0.1, -0.05) is 43.7 Å². The Hall–Kier alpha value is -1.93. The van der Waals surface area contributed by atoms with Crippen LogP contribution in [0.3, 0.4) is 0 Å². The van der Waals surface area contributed by atoms with Crippen LogP contribution in [0.25, 0.3) is 16.3 Å². The SMILES string of the molecule is C[C@]12CC[C@@H](O)CC1=CC[C@@H]1[C@@H]2CC[C@]2(C)C(c3ccc4ccncc4c3)=CC[C@@H]12. The number of benzene rings is 1. The number of pyridine rings is 1. The van der Waals surface area contributed by atoms with Gasteiger partial charge in [-0.05, 0) is 102 Å². The van der Waals surface area contributed by atoms with Crippen molar-refractivity contribution in [3.8, 4) is 0 Å². The van der Waals surface area contributed by atoms with E-state index in [9.17, 15) is 5.11 Å². The van der Waals surface area contributed by atoms with E-state index in [0.717, 1.165) is 30.6 Å². The molecule has 0 saturated heterocycles. The normalized spacial score (nSPS) is 40.2. The third-order valence-corrected chi connectivity index (χ3v) is 9.61. The van der Waals surface area contributed by atoms with Crippen LogP contribution in [0.2, 0.25) is 0 Å². The van der Waals surface area contributed by atoms with E-state index in [0.29, 0.717) is 5.41 Å². The van der Waals surface area contributed by atoms with Crippen LogP contribution >= 0.6 is 0 Å². The minimum absolute atomic E-state index is 0.114. The Kier molecular flexibility index (Phi) is 4.10. The van der Waals surface area contributed by atoms with E-state index in [2.05, 4.69) is 55.2 Å². The van der Waals surface area contributed by atoms with Gasteiger partial charge in [0, 0.05) is 17.8 Å². The van der Waals surface area contributed by atoms with Gasteiger partial charge in [-0.2, -0.15) is 0 Å².